The van der Waals surface area contributed by atoms with Gasteiger partial charge >= 0.3 is 0 Å². The predicted octanol–water partition coefficient (Wildman–Crippen LogP) is 1.02. The van der Waals surface area contributed by atoms with Crippen molar-refractivity contribution in [3.05, 3.63) is 33.9 Å². The van der Waals surface area contributed by atoms with E-state index < -0.39 is 10.8 Å². The molecule has 0 saturated carbocycles. The molecule has 0 radical (unpaired) electrons. The van der Waals surface area contributed by atoms with Crippen LogP contribution in [0.3, 0.4) is 0 Å². The lowest BCUT2D eigenvalue weighted by Crippen LogP contribution is -2.17. The number of benzene rings is 1. The standard InChI is InChI=1S/C12H13N5O3/c1-16(2)11-4-3-10(17(19)20)7-9(11)8-14-15-12(18)5-6-13/h3-4,7-8H,5H2,1-2H3,(H,15,18)/b14-8-. The normalized spacial score (nSPS) is 10.1. The van der Waals surface area contributed by atoms with Gasteiger partial charge in [0.05, 0.1) is 17.2 Å². The van der Waals surface area contributed by atoms with Gasteiger partial charge in [0.1, 0.15) is 6.42 Å². The zero-order chi connectivity index (χ0) is 15.1. The Morgan fingerprint density at radius 1 is 1.60 bits per heavy atom. The first-order chi connectivity index (χ1) is 9.45. The van der Waals surface area contributed by atoms with Crippen LogP contribution in [0.1, 0.15) is 12.0 Å². The van der Waals surface area contributed by atoms with Crippen LogP contribution in [0, 0.1) is 21.4 Å². The second-order valence-electron chi connectivity index (χ2n) is 4.02. The number of hydrazone groups is 1. The molecular formula is C12H13N5O3. The molecule has 104 valence electrons. The Morgan fingerprint density at radius 2 is 2.30 bits per heavy atom. The van der Waals surface area contributed by atoms with Crippen LogP contribution >= 0.6 is 0 Å². The number of non-ortho nitro benzene ring substituents is 1. The van der Waals surface area contributed by atoms with Gasteiger partial charge in [-0.25, -0.2) is 5.43 Å². The number of nitrogens with zero attached hydrogens (tertiary/aromatic N) is 4. The number of amides is 1. The number of carbonyl (C=O) groups is 1. The highest BCUT2D eigenvalue weighted by Crippen LogP contribution is 2.22. The van der Waals surface area contributed by atoms with Crippen LogP contribution in [0.15, 0.2) is 23.3 Å². The zero-order valence-electron chi connectivity index (χ0n) is 11.0. The molecule has 1 amide bonds. The molecule has 0 aliphatic rings. The fourth-order valence-corrected chi connectivity index (χ4v) is 1.45. The number of nitriles is 1. The van der Waals surface area contributed by atoms with E-state index in [1.165, 1.54) is 18.3 Å². The molecular weight excluding hydrogens is 262 g/mol. The van der Waals surface area contributed by atoms with Crippen LogP contribution < -0.4 is 10.3 Å². The summed E-state index contributed by atoms with van der Waals surface area (Å²) < 4.78 is 0. The maximum atomic E-state index is 11.1. The minimum atomic E-state index is -0.541. The number of rotatable bonds is 5. The van der Waals surface area contributed by atoms with Crippen LogP contribution in [0.25, 0.3) is 0 Å². The van der Waals surface area contributed by atoms with Crippen molar-refractivity contribution in [3.8, 4) is 6.07 Å². The highest BCUT2D eigenvalue weighted by atomic mass is 16.6. The van der Waals surface area contributed by atoms with Crippen molar-refractivity contribution < 1.29 is 9.72 Å². The van der Waals surface area contributed by atoms with Crippen molar-refractivity contribution in [1.82, 2.24) is 5.43 Å². The highest BCUT2D eigenvalue weighted by Gasteiger charge is 2.10. The first-order valence-electron chi connectivity index (χ1n) is 5.60. The van der Waals surface area contributed by atoms with Crippen molar-refractivity contribution in [2.75, 3.05) is 19.0 Å². The van der Waals surface area contributed by atoms with Crippen molar-refractivity contribution in [2.24, 2.45) is 5.10 Å². The zero-order valence-corrected chi connectivity index (χ0v) is 11.0. The first kappa shape index (κ1) is 15.1. The average molecular weight is 275 g/mol. The van der Waals surface area contributed by atoms with Gasteiger partial charge in [0.25, 0.3) is 11.6 Å². The third kappa shape index (κ3) is 4.06. The number of carbonyl (C=O) groups excluding carboxylic acids is 1. The van der Waals surface area contributed by atoms with E-state index in [2.05, 4.69) is 10.5 Å². The molecule has 0 fully saturated rings. The van der Waals surface area contributed by atoms with E-state index in [0.717, 1.165) is 0 Å². The van der Waals surface area contributed by atoms with Crippen molar-refractivity contribution in [3.63, 3.8) is 0 Å². The molecule has 0 unspecified atom stereocenters. The summed E-state index contributed by atoms with van der Waals surface area (Å²) in [5, 5.41) is 22.7. The van der Waals surface area contributed by atoms with E-state index in [-0.39, 0.29) is 12.1 Å². The van der Waals surface area contributed by atoms with Crippen LogP contribution in [-0.2, 0) is 4.79 Å². The van der Waals surface area contributed by atoms with Gasteiger partial charge in [-0.05, 0) is 6.07 Å². The summed E-state index contributed by atoms with van der Waals surface area (Å²) in [6.07, 6.45) is 1.00. The quantitative estimate of drug-likeness (QED) is 0.490. The van der Waals surface area contributed by atoms with Gasteiger partial charge in [0.15, 0.2) is 0 Å². The van der Waals surface area contributed by atoms with E-state index >= 15 is 0 Å². The van der Waals surface area contributed by atoms with Crippen LogP contribution in [0.5, 0.6) is 0 Å². The molecule has 1 N–H and O–H groups in total. The van der Waals surface area contributed by atoms with E-state index in [1.807, 2.05) is 0 Å². The Labute approximate surface area is 115 Å². The summed E-state index contributed by atoms with van der Waals surface area (Å²) in [5.74, 6) is -0.541. The van der Waals surface area contributed by atoms with Gasteiger partial charge in [-0.15, -0.1) is 0 Å². The van der Waals surface area contributed by atoms with Gasteiger partial charge in [0, 0.05) is 37.5 Å². The first-order valence-corrected chi connectivity index (χ1v) is 5.60. The molecule has 0 aliphatic heterocycles. The Kier molecular flexibility index (Phi) is 5.17. The second-order valence-corrected chi connectivity index (χ2v) is 4.02. The van der Waals surface area contributed by atoms with Crippen LogP contribution in [0.2, 0.25) is 0 Å². The number of hydrogen-bond donors (Lipinski definition) is 1. The second kappa shape index (κ2) is 6.84. The maximum Gasteiger partial charge on any atom is 0.270 e. The number of nitro groups is 1. The molecule has 8 nitrogen and oxygen atoms in total. The lowest BCUT2D eigenvalue weighted by Gasteiger charge is -2.14. The molecule has 0 atom stereocenters. The lowest BCUT2D eigenvalue weighted by atomic mass is 10.1. The largest absolute Gasteiger partial charge is 0.377 e. The third-order valence-electron chi connectivity index (χ3n) is 2.34. The highest BCUT2D eigenvalue weighted by molar-refractivity contribution is 5.90. The molecule has 0 bridgehead atoms. The van der Waals surface area contributed by atoms with Gasteiger partial charge < -0.3 is 4.90 Å². The monoisotopic (exact) mass is 275 g/mol. The summed E-state index contributed by atoms with van der Waals surface area (Å²) >= 11 is 0. The molecule has 0 aromatic heterocycles. The van der Waals surface area contributed by atoms with Crippen LogP contribution in [0.4, 0.5) is 11.4 Å². The summed E-state index contributed by atoms with van der Waals surface area (Å²) in [6.45, 7) is 0. The van der Waals surface area contributed by atoms with Gasteiger partial charge in [-0.2, -0.15) is 10.4 Å². The van der Waals surface area contributed by atoms with Gasteiger partial charge in [-0.3, -0.25) is 14.9 Å². The molecule has 20 heavy (non-hydrogen) atoms. The minimum Gasteiger partial charge on any atom is -0.377 e. The maximum absolute atomic E-state index is 11.1. The fraction of sp³-hybridized carbons (Fsp3) is 0.250. The minimum absolute atomic E-state index is 0.0691. The van der Waals surface area contributed by atoms with E-state index in [0.29, 0.717) is 11.3 Å². The number of anilines is 1. The fourth-order valence-electron chi connectivity index (χ4n) is 1.45. The summed E-state index contributed by atoms with van der Waals surface area (Å²) in [6, 6.07) is 6.03. The molecule has 1 aromatic rings. The van der Waals surface area contributed by atoms with Crippen LogP contribution in [-0.4, -0.2) is 31.1 Å². The van der Waals surface area contributed by atoms with E-state index in [4.69, 9.17) is 5.26 Å². The summed E-state index contributed by atoms with van der Waals surface area (Å²) in [4.78, 5) is 23.1. The number of nitrogens with one attached hydrogen (secondary N) is 1. The molecule has 1 aromatic carbocycles. The molecule has 0 saturated heterocycles. The Balaban J connectivity index is 2.99. The topological polar surface area (TPSA) is 112 Å². The summed E-state index contributed by atoms with van der Waals surface area (Å²) in [7, 11) is 3.57. The molecule has 0 heterocycles. The smallest absolute Gasteiger partial charge is 0.270 e. The Morgan fingerprint density at radius 3 is 2.85 bits per heavy atom. The SMILES string of the molecule is CN(C)c1ccc([N+](=O)[O-])cc1/C=N\NC(=O)CC#N. The number of nitro benzene ring substituents is 1. The Bertz CT molecular complexity index is 589. The Hall–Kier alpha value is -2.95. The van der Waals surface area contributed by atoms with Crippen molar-refractivity contribution in [1.29, 1.82) is 5.26 Å². The van der Waals surface area contributed by atoms with Crippen molar-refractivity contribution in [2.45, 2.75) is 6.42 Å². The van der Waals surface area contributed by atoms with E-state index in [9.17, 15) is 14.9 Å². The van der Waals surface area contributed by atoms with Gasteiger partial charge in [-0.1, -0.05) is 0 Å². The predicted molar refractivity (Wildman–Crippen MR) is 73.4 cm³/mol. The van der Waals surface area contributed by atoms with E-state index in [1.54, 1.807) is 31.1 Å². The molecule has 0 aliphatic carbocycles. The third-order valence-corrected chi connectivity index (χ3v) is 2.34. The summed E-state index contributed by atoms with van der Waals surface area (Å²) in [5.41, 5.74) is 3.30. The lowest BCUT2D eigenvalue weighted by molar-refractivity contribution is -0.384. The molecule has 1 rings (SSSR count). The van der Waals surface area contributed by atoms with Crippen molar-refractivity contribution >= 4 is 23.5 Å². The molecule has 8 heteroatoms. The number of hydrogen-bond acceptors (Lipinski definition) is 6. The average Bonchev–Trinajstić information content (AvgIpc) is 2.38. The van der Waals surface area contributed by atoms with Gasteiger partial charge in [0.2, 0.25) is 0 Å². The molecule has 0 spiro atoms.